The zero-order chi connectivity index (χ0) is 10.2. The van der Waals surface area contributed by atoms with Gasteiger partial charge < -0.3 is 0 Å². The average molecular weight is 223 g/mol. The predicted octanol–water partition coefficient (Wildman–Crippen LogP) is 2.19. The van der Waals surface area contributed by atoms with Crippen LogP contribution in [0, 0.1) is 22.7 Å². The minimum absolute atomic E-state index is 0.0379. The van der Waals surface area contributed by atoms with Crippen molar-refractivity contribution in [3.05, 3.63) is 0 Å². The summed E-state index contributed by atoms with van der Waals surface area (Å²) in [6.45, 7) is -3.66. The first-order valence-electron chi connectivity index (χ1n) is 3.45. The Morgan fingerprint density at radius 1 is 1.15 bits per heavy atom. The van der Waals surface area contributed by atoms with Crippen molar-refractivity contribution in [3.8, 4) is 12.1 Å². The molecule has 0 aliphatic carbocycles. The van der Waals surface area contributed by atoms with Crippen LogP contribution in [0.4, 0.5) is 0 Å². The average Bonchev–Trinajstić information content (AvgIpc) is 2.05. The van der Waals surface area contributed by atoms with E-state index in [0.717, 1.165) is 0 Å². The molecule has 0 saturated heterocycles. The van der Waals surface area contributed by atoms with E-state index in [9.17, 15) is 4.57 Å². The van der Waals surface area contributed by atoms with Crippen LogP contribution < -0.4 is 0 Å². The van der Waals surface area contributed by atoms with Crippen LogP contribution >= 0.6 is 18.2 Å². The molecule has 0 amide bonds. The van der Waals surface area contributed by atoms with Gasteiger partial charge in [0.15, 0.2) is 0 Å². The molecule has 0 N–H and O–H groups in total. The van der Waals surface area contributed by atoms with Gasteiger partial charge in [0, 0.05) is 11.2 Å². The van der Waals surface area contributed by atoms with Gasteiger partial charge in [-0.25, -0.2) is 4.57 Å². The molecule has 13 heavy (non-hydrogen) atoms. The summed E-state index contributed by atoms with van der Waals surface area (Å²) in [5.41, 5.74) is 0. The maximum absolute atomic E-state index is 11.1. The number of halogens is 1. The van der Waals surface area contributed by atoms with E-state index in [-0.39, 0.29) is 26.1 Å². The second kappa shape index (κ2) is 6.88. The van der Waals surface area contributed by atoms with Crippen LogP contribution in [-0.4, -0.2) is 13.2 Å². The number of rotatable bonds is 6. The van der Waals surface area contributed by atoms with Gasteiger partial charge in [0.25, 0.3) is 0 Å². The van der Waals surface area contributed by atoms with Crippen LogP contribution in [0.5, 0.6) is 0 Å². The molecule has 0 saturated carbocycles. The molecule has 0 aliphatic rings. The molecule has 0 fully saturated rings. The van der Waals surface area contributed by atoms with Gasteiger partial charge in [-0.3, -0.25) is 9.05 Å². The number of nitriles is 2. The summed E-state index contributed by atoms with van der Waals surface area (Å²) in [7, 11) is 0. The first kappa shape index (κ1) is 12.4. The third-order valence-electron chi connectivity index (χ3n) is 0.919. The van der Waals surface area contributed by atoms with Crippen LogP contribution in [0.2, 0.25) is 0 Å². The Balaban J connectivity index is 3.63. The van der Waals surface area contributed by atoms with Gasteiger partial charge in [0.1, 0.15) is 0 Å². The first-order valence-corrected chi connectivity index (χ1v) is 5.90. The summed E-state index contributed by atoms with van der Waals surface area (Å²) in [6, 6.07) is 3.59. The Morgan fingerprint density at radius 2 is 1.54 bits per heavy atom. The Morgan fingerprint density at radius 3 is 1.85 bits per heavy atom. The molecule has 7 heteroatoms. The Bertz CT molecular complexity index is 246. The van der Waals surface area contributed by atoms with Crippen LogP contribution in [0.25, 0.3) is 0 Å². The van der Waals surface area contributed by atoms with E-state index in [0.29, 0.717) is 0 Å². The minimum atomic E-state index is -3.58. The molecule has 0 aromatic rings. The van der Waals surface area contributed by atoms with Crippen molar-refractivity contribution in [2.45, 2.75) is 12.8 Å². The van der Waals surface area contributed by atoms with Gasteiger partial charge in [-0.1, -0.05) is 0 Å². The fourth-order valence-corrected chi connectivity index (χ4v) is 1.55. The molecular weight excluding hydrogens is 215 g/mol. The maximum atomic E-state index is 11.1. The summed E-state index contributed by atoms with van der Waals surface area (Å²) in [5, 5.41) is 16.3. The van der Waals surface area contributed by atoms with E-state index >= 15 is 0 Å². The fourth-order valence-electron chi connectivity index (χ4n) is 0.438. The first-order chi connectivity index (χ1) is 6.12. The number of hydrogen-bond donors (Lipinski definition) is 0. The highest BCUT2D eigenvalue weighted by atomic mass is 35.7. The van der Waals surface area contributed by atoms with Crippen molar-refractivity contribution in [2.75, 3.05) is 13.2 Å². The van der Waals surface area contributed by atoms with Gasteiger partial charge in [0.05, 0.1) is 38.2 Å². The highest BCUT2D eigenvalue weighted by molar-refractivity contribution is 7.81. The van der Waals surface area contributed by atoms with Gasteiger partial charge in [0.2, 0.25) is 0 Å². The smallest absolute Gasteiger partial charge is 0.296 e. The van der Waals surface area contributed by atoms with E-state index < -0.39 is 6.95 Å². The lowest BCUT2D eigenvalue weighted by Crippen LogP contribution is -1.93. The van der Waals surface area contributed by atoms with Crippen LogP contribution in [0.15, 0.2) is 0 Å². The molecule has 0 bridgehead atoms. The van der Waals surface area contributed by atoms with Gasteiger partial charge >= 0.3 is 6.95 Å². The van der Waals surface area contributed by atoms with Gasteiger partial charge in [-0.15, -0.1) is 0 Å². The maximum Gasteiger partial charge on any atom is 0.424 e. The molecule has 0 spiro atoms. The zero-order valence-corrected chi connectivity index (χ0v) is 8.42. The normalized spacial score (nSPS) is 10.4. The molecule has 0 unspecified atom stereocenters. The van der Waals surface area contributed by atoms with Crippen LogP contribution in [0.3, 0.4) is 0 Å². The summed E-state index contributed by atoms with van der Waals surface area (Å²) < 4.78 is 20.2. The molecule has 0 aromatic carbocycles. The van der Waals surface area contributed by atoms with Crippen molar-refractivity contribution in [1.29, 1.82) is 10.5 Å². The number of nitrogens with zero attached hydrogens (tertiary/aromatic N) is 2. The Labute approximate surface area is 81.1 Å². The second-order valence-electron chi connectivity index (χ2n) is 1.91. The molecule has 0 atom stereocenters. The summed E-state index contributed by atoms with van der Waals surface area (Å²) in [5.74, 6) is 0. The topological polar surface area (TPSA) is 83.1 Å². The SMILES string of the molecule is N#CCCOP(=O)(Cl)OCCC#N. The lowest BCUT2D eigenvalue weighted by Gasteiger charge is -2.08. The van der Waals surface area contributed by atoms with E-state index in [1.165, 1.54) is 0 Å². The lowest BCUT2D eigenvalue weighted by atomic mass is 10.5. The zero-order valence-electron chi connectivity index (χ0n) is 6.77. The fraction of sp³-hybridized carbons (Fsp3) is 0.667. The Kier molecular flexibility index (Phi) is 6.58. The third kappa shape index (κ3) is 7.77. The van der Waals surface area contributed by atoms with Crippen molar-refractivity contribution < 1.29 is 13.6 Å². The number of hydrogen-bond acceptors (Lipinski definition) is 5. The predicted molar refractivity (Wildman–Crippen MR) is 45.8 cm³/mol. The molecule has 0 rings (SSSR count). The monoisotopic (exact) mass is 222 g/mol. The van der Waals surface area contributed by atoms with Gasteiger partial charge in [-0.2, -0.15) is 10.5 Å². The van der Waals surface area contributed by atoms with Gasteiger partial charge in [-0.05, 0) is 0 Å². The van der Waals surface area contributed by atoms with E-state index in [1.807, 2.05) is 0 Å². The summed E-state index contributed by atoms with van der Waals surface area (Å²) in [4.78, 5) is 0. The standard InChI is InChI=1S/C6H8ClN2O3P/c7-13(10,11-5-1-3-8)12-6-2-4-9/h1-2,5-6H2. The highest BCUT2D eigenvalue weighted by Crippen LogP contribution is 2.53. The van der Waals surface area contributed by atoms with Crippen LogP contribution in [0.1, 0.15) is 12.8 Å². The lowest BCUT2D eigenvalue weighted by molar-refractivity contribution is 0.225. The van der Waals surface area contributed by atoms with Crippen molar-refractivity contribution in [1.82, 2.24) is 0 Å². The van der Waals surface area contributed by atoms with Crippen LogP contribution in [-0.2, 0) is 13.6 Å². The van der Waals surface area contributed by atoms with Crippen molar-refractivity contribution in [3.63, 3.8) is 0 Å². The van der Waals surface area contributed by atoms with E-state index in [4.69, 9.17) is 21.8 Å². The largest absolute Gasteiger partial charge is 0.424 e. The Hall–Kier alpha value is -0.580. The minimum Gasteiger partial charge on any atom is -0.296 e. The highest BCUT2D eigenvalue weighted by Gasteiger charge is 2.19. The molecule has 0 aromatic heterocycles. The third-order valence-corrected chi connectivity index (χ3v) is 2.49. The second-order valence-corrected chi connectivity index (χ2v) is 4.53. The molecule has 0 heterocycles. The molecule has 72 valence electrons. The molecule has 0 aliphatic heterocycles. The summed E-state index contributed by atoms with van der Waals surface area (Å²) >= 11 is 5.30. The molecular formula is C6H8ClN2O3P. The van der Waals surface area contributed by atoms with Crippen molar-refractivity contribution in [2.24, 2.45) is 0 Å². The molecule has 0 radical (unpaired) electrons. The quantitative estimate of drug-likeness (QED) is 0.508. The van der Waals surface area contributed by atoms with E-state index in [2.05, 4.69) is 9.05 Å². The van der Waals surface area contributed by atoms with E-state index in [1.54, 1.807) is 12.1 Å². The van der Waals surface area contributed by atoms with Crippen molar-refractivity contribution >= 4 is 18.2 Å². The summed E-state index contributed by atoms with van der Waals surface area (Å²) in [6.07, 6.45) is 0.191. The molecule has 5 nitrogen and oxygen atoms in total.